The van der Waals surface area contributed by atoms with Crippen molar-refractivity contribution >= 4 is 40.7 Å². The Bertz CT molecular complexity index is 445. The highest BCUT2D eigenvalue weighted by molar-refractivity contribution is 9.10. The van der Waals surface area contributed by atoms with Crippen molar-refractivity contribution < 1.29 is 9.50 Å². The van der Waals surface area contributed by atoms with E-state index in [0.717, 1.165) is 39.0 Å². The molecule has 122 valence electrons. The number of phenols is 1. The number of nitrogens with one attached hydrogen (secondary N) is 1. The van der Waals surface area contributed by atoms with Crippen LogP contribution in [0.2, 0.25) is 0 Å². The summed E-state index contributed by atoms with van der Waals surface area (Å²) in [4.78, 5) is 2.32. The Morgan fingerprint density at radius 3 is 2.52 bits per heavy atom. The van der Waals surface area contributed by atoms with Crippen LogP contribution in [0.25, 0.3) is 0 Å². The fourth-order valence-electron chi connectivity index (χ4n) is 2.64. The molecule has 0 spiro atoms. The molecule has 1 aliphatic rings. The number of halogens is 4. The first-order valence-electron chi connectivity index (χ1n) is 6.76. The van der Waals surface area contributed by atoms with Crippen LogP contribution in [0.3, 0.4) is 0 Å². The molecular weight excluding hydrogens is 382 g/mol. The van der Waals surface area contributed by atoms with Crippen LogP contribution >= 0.6 is 40.7 Å². The number of phenolic OH excluding ortho intramolecular Hbond substituents is 1. The second kappa shape index (κ2) is 9.85. The van der Waals surface area contributed by atoms with Gasteiger partial charge in [0.05, 0.1) is 4.47 Å². The zero-order valence-electron chi connectivity index (χ0n) is 11.9. The van der Waals surface area contributed by atoms with Crippen molar-refractivity contribution in [3.05, 3.63) is 28.0 Å². The average Bonchev–Trinajstić information content (AvgIpc) is 2.41. The van der Waals surface area contributed by atoms with E-state index in [4.69, 9.17) is 0 Å². The Kier molecular flexibility index (Phi) is 9.81. The van der Waals surface area contributed by atoms with Crippen LogP contribution < -0.4 is 5.32 Å². The van der Waals surface area contributed by atoms with Gasteiger partial charge in [0.25, 0.3) is 0 Å². The molecule has 0 amide bonds. The van der Waals surface area contributed by atoms with Gasteiger partial charge in [-0.1, -0.05) is 13.3 Å². The predicted molar refractivity (Wildman–Crippen MR) is 92.4 cm³/mol. The van der Waals surface area contributed by atoms with E-state index in [2.05, 4.69) is 33.1 Å². The molecule has 0 unspecified atom stereocenters. The number of rotatable bonds is 4. The Labute approximate surface area is 146 Å². The van der Waals surface area contributed by atoms with Gasteiger partial charge in [-0.25, -0.2) is 4.39 Å². The molecule has 7 heteroatoms. The molecule has 2 rings (SSSR count). The Hall–Kier alpha value is -0.0700. The molecule has 21 heavy (non-hydrogen) atoms. The SMILES string of the molecule is CCC[C@H](c1cc(F)cc(Br)c1O)N1CCNCC1.Cl.Cl. The van der Waals surface area contributed by atoms with Crippen LogP contribution in [-0.4, -0.2) is 36.2 Å². The lowest BCUT2D eigenvalue weighted by Gasteiger charge is -2.35. The lowest BCUT2D eigenvalue weighted by molar-refractivity contribution is 0.161. The minimum Gasteiger partial charge on any atom is -0.506 e. The van der Waals surface area contributed by atoms with Gasteiger partial charge < -0.3 is 10.4 Å². The summed E-state index contributed by atoms with van der Waals surface area (Å²) in [7, 11) is 0. The summed E-state index contributed by atoms with van der Waals surface area (Å²) in [6.45, 7) is 5.85. The highest BCUT2D eigenvalue weighted by atomic mass is 79.9. The van der Waals surface area contributed by atoms with Crippen molar-refractivity contribution in [2.45, 2.75) is 25.8 Å². The molecule has 3 nitrogen and oxygen atoms in total. The van der Waals surface area contributed by atoms with Crippen molar-refractivity contribution in [1.29, 1.82) is 0 Å². The number of hydrogen-bond acceptors (Lipinski definition) is 3. The maximum absolute atomic E-state index is 13.6. The number of piperazine rings is 1. The second-order valence-corrected chi connectivity index (χ2v) is 5.77. The zero-order valence-corrected chi connectivity index (χ0v) is 15.2. The highest BCUT2D eigenvalue weighted by Crippen LogP contribution is 2.37. The molecule has 0 aliphatic carbocycles. The molecule has 1 aromatic rings. The predicted octanol–water partition coefficient (Wildman–Crippen LogP) is 3.88. The van der Waals surface area contributed by atoms with Gasteiger partial charge in [-0.15, -0.1) is 24.8 Å². The molecule has 1 atom stereocenters. The van der Waals surface area contributed by atoms with Gasteiger partial charge in [-0.3, -0.25) is 4.90 Å². The minimum atomic E-state index is -0.309. The van der Waals surface area contributed by atoms with E-state index in [1.165, 1.54) is 12.1 Å². The van der Waals surface area contributed by atoms with Crippen LogP contribution in [0, 0.1) is 5.82 Å². The molecule has 0 radical (unpaired) electrons. The van der Waals surface area contributed by atoms with Gasteiger partial charge in [0.15, 0.2) is 0 Å². The molecule has 0 bridgehead atoms. The van der Waals surface area contributed by atoms with E-state index < -0.39 is 0 Å². The Morgan fingerprint density at radius 2 is 1.95 bits per heavy atom. The Balaban J connectivity index is 0.00000200. The smallest absolute Gasteiger partial charge is 0.134 e. The van der Waals surface area contributed by atoms with Crippen LogP contribution in [0.15, 0.2) is 16.6 Å². The van der Waals surface area contributed by atoms with Crippen LogP contribution in [-0.2, 0) is 0 Å². The van der Waals surface area contributed by atoms with Crippen LogP contribution in [0.4, 0.5) is 4.39 Å². The summed E-state index contributed by atoms with van der Waals surface area (Å²) < 4.78 is 14.0. The summed E-state index contributed by atoms with van der Waals surface area (Å²) in [5, 5.41) is 13.5. The van der Waals surface area contributed by atoms with E-state index in [9.17, 15) is 9.50 Å². The van der Waals surface area contributed by atoms with E-state index in [0.29, 0.717) is 10.0 Å². The maximum Gasteiger partial charge on any atom is 0.134 e. The van der Waals surface area contributed by atoms with Gasteiger partial charge in [-0.05, 0) is 34.5 Å². The number of aromatic hydroxyl groups is 1. The van der Waals surface area contributed by atoms with Gasteiger partial charge in [-0.2, -0.15) is 0 Å². The molecule has 1 saturated heterocycles. The first kappa shape index (κ1) is 20.9. The third kappa shape index (κ3) is 5.25. The van der Waals surface area contributed by atoms with Crippen molar-refractivity contribution in [3.8, 4) is 5.75 Å². The topological polar surface area (TPSA) is 35.5 Å². The zero-order chi connectivity index (χ0) is 13.8. The van der Waals surface area contributed by atoms with Crippen LogP contribution in [0.1, 0.15) is 31.4 Å². The summed E-state index contributed by atoms with van der Waals surface area (Å²) in [6, 6.07) is 2.85. The van der Waals surface area contributed by atoms with Crippen molar-refractivity contribution in [2.75, 3.05) is 26.2 Å². The first-order chi connectivity index (χ1) is 9.13. The van der Waals surface area contributed by atoms with Gasteiger partial charge in [0.2, 0.25) is 0 Å². The van der Waals surface area contributed by atoms with Crippen molar-refractivity contribution in [2.24, 2.45) is 0 Å². The summed E-state index contributed by atoms with van der Waals surface area (Å²) >= 11 is 3.22. The fraction of sp³-hybridized carbons (Fsp3) is 0.571. The highest BCUT2D eigenvalue weighted by Gasteiger charge is 2.25. The molecule has 0 aromatic heterocycles. The fourth-order valence-corrected chi connectivity index (χ4v) is 3.09. The minimum absolute atomic E-state index is 0. The molecule has 1 aliphatic heterocycles. The van der Waals surface area contributed by atoms with Gasteiger partial charge in [0, 0.05) is 37.8 Å². The number of hydrogen-bond donors (Lipinski definition) is 2. The quantitative estimate of drug-likeness (QED) is 0.800. The molecule has 1 aromatic carbocycles. The second-order valence-electron chi connectivity index (χ2n) is 4.92. The third-order valence-electron chi connectivity index (χ3n) is 3.57. The van der Waals surface area contributed by atoms with E-state index in [1.807, 2.05) is 0 Å². The van der Waals surface area contributed by atoms with Gasteiger partial charge in [0.1, 0.15) is 11.6 Å². The largest absolute Gasteiger partial charge is 0.506 e. The van der Waals surface area contributed by atoms with Crippen LogP contribution in [0.5, 0.6) is 5.75 Å². The first-order valence-corrected chi connectivity index (χ1v) is 7.55. The number of benzene rings is 1. The summed E-state index contributed by atoms with van der Waals surface area (Å²) in [5.41, 5.74) is 0.690. The lowest BCUT2D eigenvalue weighted by atomic mass is 9.98. The molecule has 1 heterocycles. The summed E-state index contributed by atoms with van der Waals surface area (Å²) in [6.07, 6.45) is 1.92. The number of nitrogens with zero attached hydrogens (tertiary/aromatic N) is 1. The molecule has 0 saturated carbocycles. The summed E-state index contributed by atoms with van der Waals surface area (Å²) in [5.74, 6) is -0.144. The molecule has 2 N–H and O–H groups in total. The van der Waals surface area contributed by atoms with E-state index in [-0.39, 0.29) is 42.4 Å². The van der Waals surface area contributed by atoms with Crippen molar-refractivity contribution in [3.63, 3.8) is 0 Å². The van der Waals surface area contributed by atoms with Gasteiger partial charge >= 0.3 is 0 Å². The van der Waals surface area contributed by atoms with Crippen molar-refractivity contribution in [1.82, 2.24) is 10.2 Å². The molecular formula is C14H22BrCl2FN2O. The molecule has 1 fully saturated rings. The van der Waals surface area contributed by atoms with E-state index in [1.54, 1.807) is 0 Å². The van der Waals surface area contributed by atoms with E-state index >= 15 is 0 Å². The average molecular weight is 404 g/mol. The normalized spacial score (nSPS) is 16.7. The standard InChI is InChI=1S/C14H20BrFN2O.2ClH/c1-2-3-13(18-6-4-17-5-7-18)11-8-10(16)9-12(15)14(11)19;;/h8-9,13,17,19H,2-7H2,1H3;2*1H/t13-;;/m1../s1. The third-order valence-corrected chi connectivity index (χ3v) is 4.18. The lowest BCUT2D eigenvalue weighted by Crippen LogP contribution is -2.45. The maximum atomic E-state index is 13.6. The Morgan fingerprint density at radius 1 is 1.33 bits per heavy atom. The monoisotopic (exact) mass is 402 g/mol.